The van der Waals surface area contributed by atoms with Crippen LogP contribution in [0.4, 0.5) is 4.79 Å². The van der Waals surface area contributed by atoms with Crippen LogP contribution < -0.4 is 5.32 Å². The summed E-state index contributed by atoms with van der Waals surface area (Å²) in [4.78, 5) is 18.0. The first kappa shape index (κ1) is 13.8. The number of hydrogen-bond acceptors (Lipinski definition) is 5. The zero-order chi connectivity index (χ0) is 13.8. The van der Waals surface area contributed by atoms with Crippen LogP contribution in [0.15, 0.2) is 4.52 Å². The minimum absolute atomic E-state index is 0.0258. The third-order valence-corrected chi connectivity index (χ3v) is 3.15. The standard InChI is InChI=1S/C12H20N4O3/c1-3-10(11-13-8(2)19-15-11)14-12(18)16(6-7-17)9-4-5-9/h9-10,17H,3-7H2,1-2H3,(H,14,18). The quantitative estimate of drug-likeness (QED) is 0.803. The van der Waals surface area contributed by atoms with Crippen LogP contribution in [0.1, 0.15) is 43.9 Å². The summed E-state index contributed by atoms with van der Waals surface area (Å²) in [6.45, 7) is 4.00. The molecule has 0 aromatic carbocycles. The van der Waals surface area contributed by atoms with Gasteiger partial charge in [-0.05, 0) is 19.3 Å². The van der Waals surface area contributed by atoms with E-state index in [-0.39, 0.29) is 24.7 Å². The summed E-state index contributed by atoms with van der Waals surface area (Å²) in [6, 6.07) is -0.174. The summed E-state index contributed by atoms with van der Waals surface area (Å²) in [5.74, 6) is 0.977. The van der Waals surface area contributed by atoms with E-state index in [2.05, 4.69) is 15.5 Å². The molecule has 1 fully saturated rings. The van der Waals surface area contributed by atoms with Crippen molar-refractivity contribution in [3.8, 4) is 0 Å². The van der Waals surface area contributed by atoms with Crippen LogP contribution in [-0.4, -0.2) is 45.4 Å². The molecule has 2 amide bonds. The van der Waals surface area contributed by atoms with Crippen molar-refractivity contribution in [1.29, 1.82) is 0 Å². The molecule has 0 spiro atoms. The fourth-order valence-corrected chi connectivity index (χ4v) is 1.98. The third-order valence-electron chi connectivity index (χ3n) is 3.15. The summed E-state index contributed by atoms with van der Waals surface area (Å²) < 4.78 is 4.93. The molecule has 1 heterocycles. The summed E-state index contributed by atoms with van der Waals surface area (Å²) in [7, 11) is 0. The van der Waals surface area contributed by atoms with E-state index in [1.165, 1.54) is 0 Å². The molecule has 7 nitrogen and oxygen atoms in total. The topological polar surface area (TPSA) is 91.5 Å². The first-order chi connectivity index (χ1) is 9.15. The second-order valence-electron chi connectivity index (χ2n) is 4.73. The molecule has 1 aromatic heterocycles. The monoisotopic (exact) mass is 268 g/mol. The smallest absolute Gasteiger partial charge is 0.318 e. The number of aryl methyl sites for hydroxylation is 1. The van der Waals surface area contributed by atoms with E-state index in [4.69, 9.17) is 9.63 Å². The largest absolute Gasteiger partial charge is 0.395 e. The zero-order valence-corrected chi connectivity index (χ0v) is 11.3. The second kappa shape index (κ2) is 6.01. The van der Waals surface area contributed by atoms with Crippen molar-refractivity contribution in [3.63, 3.8) is 0 Å². The Bertz CT molecular complexity index is 430. The number of nitrogens with zero attached hydrogens (tertiary/aromatic N) is 3. The van der Waals surface area contributed by atoms with Gasteiger partial charge in [0.1, 0.15) is 0 Å². The van der Waals surface area contributed by atoms with Gasteiger partial charge in [0.05, 0.1) is 12.6 Å². The predicted molar refractivity (Wildman–Crippen MR) is 67.4 cm³/mol. The zero-order valence-electron chi connectivity index (χ0n) is 11.3. The SMILES string of the molecule is CCC(NC(=O)N(CCO)C1CC1)c1noc(C)n1. The molecule has 1 saturated carbocycles. The highest BCUT2D eigenvalue weighted by atomic mass is 16.5. The van der Waals surface area contributed by atoms with Crippen LogP contribution in [0, 0.1) is 6.92 Å². The molecule has 1 aliphatic carbocycles. The highest BCUT2D eigenvalue weighted by molar-refractivity contribution is 5.75. The van der Waals surface area contributed by atoms with E-state index in [0.29, 0.717) is 24.7 Å². The molecule has 0 bridgehead atoms. The molecule has 1 aliphatic rings. The maximum Gasteiger partial charge on any atom is 0.318 e. The Hall–Kier alpha value is -1.63. The molecule has 0 radical (unpaired) electrons. The average molecular weight is 268 g/mol. The van der Waals surface area contributed by atoms with Crippen molar-refractivity contribution in [2.75, 3.05) is 13.2 Å². The van der Waals surface area contributed by atoms with Crippen LogP contribution in [-0.2, 0) is 0 Å². The van der Waals surface area contributed by atoms with Gasteiger partial charge in [0.15, 0.2) is 5.82 Å². The number of hydrogen-bond donors (Lipinski definition) is 2. The number of carbonyl (C=O) groups is 1. The van der Waals surface area contributed by atoms with E-state index >= 15 is 0 Å². The molecular weight excluding hydrogens is 248 g/mol. The molecular formula is C12H20N4O3. The van der Waals surface area contributed by atoms with E-state index in [1.54, 1.807) is 11.8 Å². The fraction of sp³-hybridized carbons (Fsp3) is 0.750. The molecule has 0 saturated heterocycles. The number of aliphatic hydroxyl groups excluding tert-OH is 1. The summed E-state index contributed by atoms with van der Waals surface area (Å²) >= 11 is 0. The summed E-state index contributed by atoms with van der Waals surface area (Å²) in [6.07, 6.45) is 2.69. The normalized spacial score (nSPS) is 16.2. The lowest BCUT2D eigenvalue weighted by atomic mass is 10.2. The minimum Gasteiger partial charge on any atom is -0.395 e. The maximum atomic E-state index is 12.2. The van der Waals surface area contributed by atoms with Gasteiger partial charge in [-0.1, -0.05) is 12.1 Å². The number of rotatable bonds is 6. The van der Waals surface area contributed by atoms with Gasteiger partial charge in [-0.2, -0.15) is 4.98 Å². The molecule has 1 atom stereocenters. The number of amides is 2. The maximum absolute atomic E-state index is 12.2. The fourth-order valence-electron chi connectivity index (χ4n) is 1.98. The van der Waals surface area contributed by atoms with Gasteiger partial charge >= 0.3 is 6.03 Å². The van der Waals surface area contributed by atoms with Gasteiger partial charge in [0, 0.05) is 19.5 Å². The van der Waals surface area contributed by atoms with Crippen LogP contribution in [0.2, 0.25) is 0 Å². The van der Waals surface area contributed by atoms with Crippen molar-refractivity contribution in [2.24, 2.45) is 0 Å². The molecule has 7 heteroatoms. The third kappa shape index (κ3) is 3.44. The number of nitrogens with one attached hydrogen (secondary N) is 1. The van der Waals surface area contributed by atoms with Crippen LogP contribution >= 0.6 is 0 Å². The Balaban J connectivity index is 1.98. The lowest BCUT2D eigenvalue weighted by Crippen LogP contribution is -2.44. The van der Waals surface area contributed by atoms with Gasteiger partial charge in [-0.3, -0.25) is 0 Å². The number of aromatic nitrogens is 2. The van der Waals surface area contributed by atoms with Crippen molar-refractivity contribution in [2.45, 2.75) is 45.2 Å². The molecule has 0 aliphatic heterocycles. The number of urea groups is 1. The summed E-state index contributed by atoms with van der Waals surface area (Å²) in [5.41, 5.74) is 0. The van der Waals surface area contributed by atoms with Crippen molar-refractivity contribution >= 4 is 6.03 Å². The average Bonchev–Trinajstić information content (AvgIpc) is 3.14. The number of carbonyl (C=O) groups excluding carboxylic acids is 1. The molecule has 106 valence electrons. The Morgan fingerprint density at radius 1 is 1.63 bits per heavy atom. The molecule has 1 aromatic rings. The van der Waals surface area contributed by atoms with E-state index in [0.717, 1.165) is 12.8 Å². The highest BCUT2D eigenvalue weighted by Crippen LogP contribution is 2.27. The Morgan fingerprint density at radius 3 is 2.84 bits per heavy atom. The van der Waals surface area contributed by atoms with Crippen molar-refractivity contribution < 1.29 is 14.4 Å². The lowest BCUT2D eigenvalue weighted by molar-refractivity contribution is 0.169. The van der Waals surface area contributed by atoms with Gasteiger partial charge in [-0.15, -0.1) is 0 Å². The Labute approximate surface area is 112 Å². The van der Waals surface area contributed by atoms with E-state index in [1.807, 2.05) is 6.92 Å². The Kier molecular flexibility index (Phi) is 4.36. The predicted octanol–water partition coefficient (Wildman–Crippen LogP) is 0.995. The van der Waals surface area contributed by atoms with Crippen LogP contribution in [0.25, 0.3) is 0 Å². The van der Waals surface area contributed by atoms with Crippen molar-refractivity contribution in [3.05, 3.63) is 11.7 Å². The second-order valence-corrected chi connectivity index (χ2v) is 4.73. The molecule has 2 N–H and O–H groups in total. The first-order valence-electron chi connectivity index (χ1n) is 6.64. The van der Waals surface area contributed by atoms with Gasteiger partial charge in [0.2, 0.25) is 5.89 Å². The molecule has 2 rings (SSSR count). The first-order valence-corrected chi connectivity index (χ1v) is 6.64. The van der Waals surface area contributed by atoms with Gasteiger partial charge in [0.25, 0.3) is 0 Å². The summed E-state index contributed by atoms with van der Waals surface area (Å²) in [5, 5.41) is 15.7. The molecule has 19 heavy (non-hydrogen) atoms. The van der Waals surface area contributed by atoms with Crippen LogP contribution in [0.5, 0.6) is 0 Å². The Morgan fingerprint density at radius 2 is 2.37 bits per heavy atom. The highest BCUT2D eigenvalue weighted by Gasteiger charge is 2.33. The van der Waals surface area contributed by atoms with Crippen molar-refractivity contribution in [1.82, 2.24) is 20.4 Å². The van der Waals surface area contributed by atoms with Gasteiger partial charge in [-0.25, -0.2) is 4.79 Å². The van der Waals surface area contributed by atoms with Gasteiger partial charge < -0.3 is 19.8 Å². The van der Waals surface area contributed by atoms with E-state index < -0.39 is 0 Å². The lowest BCUT2D eigenvalue weighted by Gasteiger charge is -2.24. The van der Waals surface area contributed by atoms with Crippen LogP contribution in [0.3, 0.4) is 0 Å². The van der Waals surface area contributed by atoms with E-state index in [9.17, 15) is 4.79 Å². The minimum atomic E-state index is -0.259. The molecule has 1 unspecified atom stereocenters. The number of aliphatic hydroxyl groups is 1.